The van der Waals surface area contributed by atoms with Crippen LogP contribution < -0.4 is 10.2 Å². The number of sulfone groups is 1. The Morgan fingerprint density at radius 2 is 1.84 bits per heavy atom. The second kappa shape index (κ2) is 7.10. The van der Waals surface area contributed by atoms with E-state index in [4.69, 9.17) is 0 Å². The van der Waals surface area contributed by atoms with Crippen molar-refractivity contribution in [1.29, 1.82) is 0 Å². The summed E-state index contributed by atoms with van der Waals surface area (Å²) in [5, 5.41) is 14.0. The highest BCUT2D eigenvalue weighted by atomic mass is 32.2. The molecule has 0 bridgehead atoms. The molecule has 0 aromatic heterocycles. The van der Waals surface area contributed by atoms with E-state index in [1.165, 1.54) is 12.1 Å². The van der Waals surface area contributed by atoms with Crippen molar-refractivity contribution < 1.29 is 13.3 Å². The maximum absolute atomic E-state index is 12.0. The van der Waals surface area contributed by atoms with E-state index in [0.29, 0.717) is 12.2 Å². The van der Waals surface area contributed by atoms with E-state index in [2.05, 4.69) is 5.32 Å². The number of hydrogen-bond donors (Lipinski definition) is 1. The first-order valence-corrected chi connectivity index (χ1v) is 9.48. The highest BCUT2D eigenvalue weighted by molar-refractivity contribution is 7.90. The predicted molar refractivity (Wildman–Crippen MR) is 99.0 cm³/mol. The second-order valence-corrected chi connectivity index (χ2v) is 8.05. The zero-order valence-electron chi connectivity index (χ0n) is 14.6. The Kier molecular flexibility index (Phi) is 5.32. The largest absolute Gasteiger partial charge is 0.380 e. The molecule has 8 heteroatoms. The number of benzene rings is 2. The molecule has 0 fully saturated rings. The molecule has 2 rings (SSSR count). The highest BCUT2D eigenvalue weighted by Crippen LogP contribution is 2.27. The SMILES string of the molecule is Cc1cc(N(C)C)ccc1CNc1ccc([N+](=O)[O-])cc1S(C)(=O)=O. The Balaban J connectivity index is 2.30. The Hall–Kier alpha value is -2.61. The van der Waals surface area contributed by atoms with Crippen LogP contribution in [-0.4, -0.2) is 33.7 Å². The Morgan fingerprint density at radius 1 is 1.16 bits per heavy atom. The molecule has 0 aliphatic rings. The maximum atomic E-state index is 12.0. The molecular formula is C17H21N3O4S. The van der Waals surface area contributed by atoms with Gasteiger partial charge in [-0.25, -0.2) is 8.42 Å². The molecule has 25 heavy (non-hydrogen) atoms. The van der Waals surface area contributed by atoms with E-state index in [9.17, 15) is 18.5 Å². The van der Waals surface area contributed by atoms with Crippen molar-refractivity contribution in [3.63, 3.8) is 0 Å². The summed E-state index contributed by atoms with van der Waals surface area (Å²) in [5.41, 5.74) is 3.26. The molecule has 2 aromatic rings. The third kappa shape index (κ3) is 4.48. The fourth-order valence-corrected chi connectivity index (χ4v) is 3.30. The van der Waals surface area contributed by atoms with Crippen LogP contribution in [0, 0.1) is 17.0 Å². The first-order valence-electron chi connectivity index (χ1n) is 7.59. The fraction of sp³-hybridized carbons (Fsp3) is 0.294. The first kappa shape index (κ1) is 18.7. The van der Waals surface area contributed by atoms with Crippen molar-refractivity contribution in [1.82, 2.24) is 0 Å². The van der Waals surface area contributed by atoms with Gasteiger partial charge in [0.1, 0.15) is 0 Å². The molecule has 0 aliphatic heterocycles. The van der Waals surface area contributed by atoms with E-state index in [1.807, 2.05) is 44.1 Å². The minimum absolute atomic E-state index is 0.0794. The quantitative estimate of drug-likeness (QED) is 0.626. The lowest BCUT2D eigenvalue weighted by Crippen LogP contribution is -2.10. The lowest BCUT2D eigenvalue weighted by molar-refractivity contribution is -0.385. The average molecular weight is 363 g/mol. The molecule has 0 atom stereocenters. The van der Waals surface area contributed by atoms with Gasteiger partial charge < -0.3 is 10.2 Å². The van der Waals surface area contributed by atoms with Gasteiger partial charge in [0.25, 0.3) is 5.69 Å². The first-order chi connectivity index (χ1) is 11.6. The Morgan fingerprint density at radius 3 is 2.36 bits per heavy atom. The molecule has 0 saturated heterocycles. The van der Waals surface area contributed by atoms with Gasteiger partial charge in [0.2, 0.25) is 0 Å². The Bertz CT molecular complexity index is 908. The van der Waals surface area contributed by atoms with Gasteiger partial charge in [-0.2, -0.15) is 0 Å². The van der Waals surface area contributed by atoms with Gasteiger partial charge in [-0.05, 0) is 36.2 Å². The lowest BCUT2D eigenvalue weighted by atomic mass is 10.1. The number of aryl methyl sites for hydroxylation is 1. The van der Waals surface area contributed by atoms with Crippen molar-refractivity contribution >= 4 is 26.9 Å². The molecule has 0 spiro atoms. The maximum Gasteiger partial charge on any atom is 0.270 e. The molecule has 2 aromatic carbocycles. The van der Waals surface area contributed by atoms with Gasteiger partial charge in [-0.1, -0.05) is 6.07 Å². The minimum Gasteiger partial charge on any atom is -0.380 e. The summed E-state index contributed by atoms with van der Waals surface area (Å²) in [6, 6.07) is 9.81. The van der Waals surface area contributed by atoms with Crippen LogP contribution in [0.2, 0.25) is 0 Å². The van der Waals surface area contributed by atoms with Crippen LogP contribution in [0.4, 0.5) is 17.1 Å². The standard InChI is InChI=1S/C17H21N3O4S/c1-12-9-14(19(2)3)6-5-13(12)11-18-16-8-7-15(20(21)22)10-17(16)25(4,23)24/h5-10,18H,11H2,1-4H3. The summed E-state index contributed by atoms with van der Waals surface area (Å²) in [5.74, 6) is 0. The number of rotatable bonds is 6. The summed E-state index contributed by atoms with van der Waals surface area (Å²) >= 11 is 0. The zero-order valence-corrected chi connectivity index (χ0v) is 15.4. The lowest BCUT2D eigenvalue weighted by Gasteiger charge is -2.16. The van der Waals surface area contributed by atoms with Crippen molar-refractivity contribution in [3.05, 3.63) is 57.6 Å². The van der Waals surface area contributed by atoms with Crippen LogP contribution in [0.25, 0.3) is 0 Å². The number of non-ortho nitro benzene ring substituents is 1. The predicted octanol–water partition coefficient (Wildman–Crippen LogP) is 2.98. The number of nitro groups is 1. The second-order valence-electron chi connectivity index (χ2n) is 6.07. The molecule has 0 heterocycles. The molecule has 134 valence electrons. The zero-order chi connectivity index (χ0) is 18.8. The molecule has 0 saturated carbocycles. The van der Waals surface area contributed by atoms with Gasteiger partial charge in [-0.15, -0.1) is 0 Å². The summed E-state index contributed by atoms with van der Waals surface area (Å²) in [4.78, 5) is 12.2. The molecule has 0 radical (unpaired) electrons. The van der Waals surface area contributed by atoms with Gasteiger partial charge >= 0.3 is 0 Å². The van der Waals surface area contributed by atoms with Crippen molar-refractivity contribution in [2.75, 3.05) is 30.6 Å². The smallest absolute Gasteiger partial charge is 0.270 e. The molecule has 0 unspecified atom stereocenters. The van der Waals surface area contributed by atoms with Gasteiger partial charge in [0, 0.05) is 44.7 Å². The minimum atomic E-state index is -3.60. The van der Waals surface area contributed by atoms with Crippen LogP contribution >= 0.6 is 0 Å². The van der Waals surface area contributed by atoms with Crippen LogP contribution in [0.1, 0.15) is 11.1 Å². The monoisotopic (exact) mass is 363 g/mol. The fourth-order valence-electron chi connectivity index (χ4n) is 2.42. The Labute approximate surface area is 147 Å². The molecule has 1 N–H and O–H groups in total. The normalized spacial score (nSPS) is 11.2. The molecular weight excluding hydrogens is 342 g/mol. The van der Waals surface area contributed by atoms with E-state index in [-0.39, 0.29) is 10.6 Å². The number of nitrogens with zero attached hydrogens (tertiary/aromatic N) is 2. The number of nitro benzene ring substituents is 1. The van der Waals surface area contributed by atoms with E-state index in [1.54, 1.807) is 0 Å². The number of nitrogens with one attached hydrogen (secondary N) is 1. The van der Waals surface area contributed by atoms with Crippen LogP contribution in [0.3, 0.4) is 0 Å². The highest BCUT2D eigenvalue weighted by Gasteiger charge is 2.18. The van der Waals surface area contributed by atoms with Gasteiger partial charge in [-0.3, -0.25) is 10.1 Å². The van der Waals surface area contributed by atoms with Crippen LogP contribution in [-0.2, 0) is 16.4 Å². The van der Waals surface area contributed by atoms with Gasteiger partial charge in [0.15, 0.2) is 9.84 Å². The van der Waals surface area contributed by atoms with Gasteiger partial charge in [0.05, 0.1) is 15.5 Å². The van der Waals surface area contributed by atoms with Crippen LogP contribution in [0.5, 0.6) is 0 Å². The molecule has 0 aliphatic carbocycles. The number of hydrogen-bond acceptors (Lipinski definition) is 6. The summed E-state index contributed by atoms with van der Waals surface area (Å²) in [6.45, 7) is 2.40. The van der Waals surface area contributed by atoms with E-state index < -0.39 is 14.8 Å². The van der Waals surface area contributed by atoms with E-state index in [0.717, 1.165) is 29.1 Å². The topological polar surface area (TPSA) is 92.5 Å². The summed E-state index contributed by atoms with van der Waals surface area (Å²) < 4.78 is 23.9. The summed E-state index contributed by atoms with van der Waals surface area (Å²) in [6.07, 6.45) is 1.04. The van der Waals surface area contributed by atoms with Crippen LogP contribution in [0.15, 0.2) is 41.3 Å². The third-order valence-electron chi connectivity index (χ3n) is 3.89. The van der Waals surface area contributed by atoms with Crippen molar-refractivity contribution in [3.8, 4) is 0 Å². The van der Waals surface area contributed by atoms with E-state index >= 15 is 0 Å². The van der Waals surface area contributed by atoms with Crippen molar-refractivity contribution in [2.24, 2.45) is 0 Å². The molecule has 0 amide bonds. The third-order valence-corrected chi connectivity index (χ3v) is 5.02. The van der Waals surface area contributed by atoms with Crippen molar-refractivity contribution in [2.45, 2.75) is 18.4 Å². The number of anilines is 2. The molecule has 7 nitrogen and oxygen atoms in total. The summed E-state index contributed by atoms with van der Waals surface area (Å²) in [7, 11) is 0.325. The average Bonchev–Trinajstić information content (AvgIpc) is 2.52.